The van der Waals surface area contributed by atoms with E-state index in [-0.39, 0.29) is 29.9 Å². The number of hydrogen-bond acceptors (Lipinski definition) is 7. The molecule has 188 valence electrons. The number of H-pyrrole nitrogens is 1. The van der Waals surface area contributed by atoms with Crippen LogP contribution in [0.5, 0.6) is 11.5 Å². The summed E-state index contributed by atoms with van der Waals surface area (Å²) in [6.45, 7) is 3.20. The second kappa shape index (κ2) is 9.67. The SMILES string of the molecule is CC1OC1C(=O)N1CCCC(Nc2ncnc3[nH]cc(C(=O)c4ccc(Oc5ccccc5)cc4)c23)C1. The van der Waals surface area contributed by atoms with Crippen molar-refractivity contribution in [3.05, 3.63) is 78.2 Å². The van der Waals surface area contributed by atoms with Crippen molar-refractivity contribution in [2.24, 2.45) is 0 Å². The highest BCUT2D eigenvalue weighted by Gasteiger charge is 2.44. The molecule has 3 unspecified atom stereocenters. The second-order valence-electron chi connectivity index (χ2n) is 9.45. The number of anilines is 1. The van der Waals surface area contributed by atoms with Gasteiger partial charge in [-0.1, -0.05) is 18.2 Å². The van der Waals surface area contributed by atoms with Gasteiger partial charge in [0.15, 0.2) is 11.9 Å². The molecule has 0 radical (unpaired) electrons. The van der Waals surface area contributed by atoms with E-state index in [9.17, 15) is 9.59 Å². The number of ether oxygens (including phenoxy) is 2. The number of benzene rings is 2. The normalized spacial score (nSPS) is 21.0. The Morgan fingerprint density at radius 3 is 2.59 bits per heavy atom. The summed E-state index contributed by atoms with van der Waals surface area (Å²) in [7, 11) is 0. The number of likely N-dealkylation sites (tertiary alicyclic amines) is 1. The van der Waals surface area contributed by atoms with E-state index in [0.29, 0.717) is 40.3 Å². The molecule has 2 aliphatic rings. The van der Waals surface area contributed by atoms with E-state index in [1.54, 1.807) is 30.5 Å². The molecule has 0 spiro atoms. The maximum absolute atomic E-state index is 13.5. The van der Waals surface area contributed by atoms with E-state index in [1.165, 1.54) is 6.33 Å². The van der Waals surface area contributed by atoms with Gasteiger partial charge >= 0.3 is 0 Å². The van der Waals surface area contributed by atoms with Gasteiger partial charge < -0.3 is 24.7 Å². The predicted octanol–water partition coefficient (Wildman–Crippen LogP) is 4.17. The quantitative estimate of drug-likeness (QED) is 0.291. The van der Waals surface area contributed by atoms with E-state index >= 15 is 0 Å². The largest absolute Gasteiger partial charge is 0.457 e. The average Bonchev–Trinajstić information content (AvgIpc) is 3.50. The van der Waals surface area contributed by atoms with Gasteiger partial charge in [-0.25, -0.2) is 9.97 Å². The highest BCUT2D eigenvalue weighted by molar-refractivity contribution is 6.18. The molecule has 0 saturated carbocycles. The molecule has 2 N–H and O–H groups in total. The number of nitrogens with one attached hydrogen (secondary N) is 2. The molecule has 2 aliphatic heterocycles. The topological polar surface area (TPSA) is 113 Å². The summed E-state index contributed by atoms with van der Waals surface area (Å²) in [5, 5.41) is 4.11. The molecule has 37 heavy (non-hydrogen) atoms. The van der Waals surface area contributed by atoms with Gasteiger partial charge in [0.2, 0.25) is 0 Å². The highest BCUT2D eigenvalue weighted by Crippen LogP contribution is 2.29. The molecule has 1 amide bonds. The van der Waals surface area contributed by atoms with Crippen molar-refractivity contribution in [3.63, 3.8) is 0 Å². The van der Waals surface area contributed by atoms with Crippen LogP contribution in [0.1, 0.15) is 35.7 Å². The first-order valence-electron chi connectivity index (χ1n) is 12.5. The van der Waals surface area contributed by atoms with Crippen LogP contribution in [-0.2, 0) is 9.53 Å². The van der Waals surface area contributed by atoms with Crippen LogP contribution >= 0.6 is 0 Å². The van der Waals surface area contributed by atoms with Crippen molar-refractivity contribution in [1.82, 2.24) is 19.9 Å². The number of piperidine rings is 1. The molecule has 4 heterocycles. The smallest absolute Gasteiger partial charge is 0.254 e. The van der Waals surface area contributed by atoms with Crippen LogP contribution in [0.4, 0.5) is 5.82 Å². The summed E-state index contributed by atoms with van der Waals surface area (Å²) in [5.74, 6) is 1.86. The lowest BCUT2D eigenvalue weighted by Crippen LogP contribution is -2.47. The number of aromatic nitrogens is 3. The maximum Gasteiger partial charge on any atom is 0.254 e. The Hall–Kier alpha value is -4.24. The molecule has 2 aromatic heterocycles. The van der Waals surface area contributed by atoms with E-state index in [0.717, 1.165) is 25.1 Å². The summed E-state index contributed by atoms with van der Waals surface area (Å²) < 4.78 is 11.2. The molecule has 2 aromatic carbocycles. The van der Waals surface area contributed by atoms with Gasteiger partial charge in [0.25, 0.3) is 5.91 Å². The van der Waals surface area contributed by atoms with Crippen molar-refractivity contribution in [2.75, 3.05) is 18.4 Å². The van der Waals surface area contributed by atoms with E-state index in [1.807, 2.05) is 42.2 Å². The van der Waals surface area contributed by atoms with Crippen LogP contribution in [0, 0.1) is 0 Å². The number of para-hydroxylation sites is 1. The number of ketones is 1. The number of hydrogen-bond donors (Lipinski definition) is 2. The van der Waals surface area contributed by atoms with Crippen molar-refractivity contribution in [3.8, 4) is 11.5 Å². The third-order valence-electron chi connectivity index (χ3n) is 6.84. The zero-order valence-electron chi connectivity index (χ0n) is 20.4. The Labute approximate surface area is 213 Å². The van der Waals surface area contributed by atoms with E-state index < -0.39 is 0 Å². The summed E-state index contributed by atoms with van der Waals surface area (Å²) in [4.78, 5) is 39.9. The molecule has 3 atom stereocenters. The van der Waals surface area contributed by atoms with Gasteiger partial charge in [0, 0.05) is 30.9 Å². The molecule has 0 aliphatic carbocycles. The number of carbonyl (C=O) groups is 2. The van der Waals surface area contributed by atoms with Gasteiger partial charge in [-0.15, -0.1) is 0 Å². The van der Waals surface area contributed by atoms with Crippen LogP contribution < -0.4 is 10.1 Å². The summed E-state index contributed by atoms with van der Waals surface area (Å²) in [6, 6.07) is 16.6. The lowest BCUT2D eigenvalue weighted by molar-refractivity contribution is -0.133. The average molecular weight is 498 g/mol. The Bertz CT molecular complexity index is 1440. The Balaban J connectivity index is 1.21. The van der Waals surface area contributed by atoms with Crippen LogP contribution in [0.15, 0.2) is 67.1 Å². The number of nitrogens with zero attached hydrogens (tertiary/aromatic N) is 3. The lowest BCUT2D eigenvalue weighted by Gasteiger charge is -2.33. The first-order valence-corrected chi connectivity index (χ1v) is 12.5. The van der Waals surface area contributed by atoms with Crippen molar-refractivity contribution >= 4 is 28.5 Å². The number of rotatable bonds is 7. The second-order valence-corrected chi connectivity index (χ2v) is 9.45. The molecular formula is C28H27N5O4. The number of carbonyl (C=O) groups excluding carboxylic acids is 2. The zero-order valence-corrected chi connectivity index (χ0v) is 20.4. The van der Waals surface area contributed by atoms with Crippen LogP contribution in [0.2, 0.25) is 0 Å². The third kappa shape index (κ3) is 4.77. The van der Waals surface area contributed by atoms with Gasteiger partial charge in [-0.05, 0) is 56.2 Å². The van der Waals surface area contributed by atoms with Gasteiger partial charge in [-0.3, -0.25) is 9.59 Å². The first-order chi connectivity index (χ1) is 18.1. The van der Waals surface area contributed by atoms with Gasteiger partial charge in [-0.2, -0.15) is 0 Å². The number of epoxide rings is 1. The van der Waals surface area contributed by atoms with Crippen molar-refractivity contribution < 1.29 is 19.1 Å². The van der Waals surface area contributed by atoms with Crippen molar-refractivity contribution in [1.29, 1.82) is 0 Å². The fourth-order valence-electron chi connectivity index (χ4n) is 4.82. The first kappa shape index (κ1) is 23.2. The van der Waals surface area contributed by atoms with Crippen LogP contribution in [0.3, 0.4) is 0 Å². The molecule has 6 rings (SSSR count). The van der Waals surface area contributed by atoms with E-state index in [4.69, 9.17) is 9.47 Å². The lowest BCUT2D eigenvalue weighted by atomic mass is 10.0. The molecule has 2 fully saturated rings. The number of aromatic amines is 1. The Morgan fingerprint density at radius 2 is 1.84 bits per heavy atom. The van der Waals surface area contributed by atoms with Crippen molar-refractivity contribution in [2.45, 2.75) is 38.0 Å². The molecular weight excluding hydrogens is 470 g/mol. The Morgan fingerprint density at radius 1 is 1.08 bits per heavy atom. The standard InChI is InChI=1S/C28H27N5O4/c1-17-25(36-17)28(35)33-13-5-6-19(15-33)32-27-23-22(14-29-26(23)30-16-31-27)24(34)18-9-11-21(12-10-18)37-20-7-3-2-4-8-20/h2-4,7-12,14,16-17,19,25H,5-6,13,15H2,1H3,(H2,29,30,31,32). The maximum atomic E-state index is 13.5. The minimum absolute atomic E-state index is 0.00489. The van der Waals surface area contributed by atoms with E-state index in [2.05, 4.69) is 20.3 Å². The highest BCUT2D eigenvalue weighted by atomic mass is 16.6. The molecule has 2 saturated heterocycles. The summed E-state index contributed by atoms with van der Waals surface area (Å²) in [6.07, 6.45) is 4.60. The molecule has 4 aromatic rings. The van der Waals surface area contributed by atoms with Crippen LogP contribution in [-0.4, -0.2) is 62.9 Å². The monoisotopic (exact) mass is 497 g/mol. The minimum Gasteiger partial charge on any atom is -0.457 e. The Kier molecular flexibility index (Phi) is 6.05. The number of fused-ring (bicyclic) bond motifs is 1. The summed E-state index contributed by atoms with van der Waals surface area (Å²) in [5.41, 5.74) is 1.59. The number of amides is 1. The fourth-order valence-corrected chi connectivity index (χ4v) is 4.82. The van der Waals surface area contributed by atoms with Gasteiger partial charge in [0.1, 0.15) is 29.3 Å². The minimum atomic E-state index is -0.317. The summed E-state index contributed by atoms with van der Waals surface area (Å²) >= 11 is 0. The van der Waals surface area contributed by atoms with Crippen LogP contribution in [0.25, 0.3) is 11.0 Å². The fraction of sp³-hybridized carbons (Fsp3) is 0.286. The van der Waals surface area contributed by atoms with Gasteiger partial charge in [0.05, 0.1) is 17.1 Å². The third-order valence-corrected chi connectivity index (χ3v) is 6.84. The zero-order chi connectivity index (χ0) is 25.4. The molecule has 9 nitrogen and oxygen atoms in total. The predicted molar refractivity (Wildman–Crippen MR) is 138 cm³/mol. The molecule has 0 bridgehead atoms. The molecule has 9 heteroatoms.